The Bertz CT molecular complexity index is 506. The summed E-state index contributed by atoms with van der Waals surface area (Å²) in [6.07, 6.45) is 19.1. The van der Waals surface area contributed by atoms with E-state index >= 15 is 0 Å². The fourth-order valence-corrected chi connectivity index (χ4v) is 3.52. The number of ether oxygens (including phenoxy) is 2. The minimum Gasteiger partial charge on any atom is -0.457 e. The fraction of sp³-hybridized carbons (Fsp3) is 0.870. The maximum absolute atomic E-state index is 12.0. The molecule has 0 amide bonds. The fourth-order valence-electron chi connectivity index (χ4n) is 3.16. The number of carbonyl (C=O) groups excluding carboxylic acids is 1. The lowest BCUT2D eigenvalue weighted by molar-refractivity contribution is -0.154. The number of esters is 1. The number of carbonyl (C=O) groups is 1. The minimum absolute atomic E-state index is 0.0399. The molecule has 0 saturated heterocycles. The van der Waals surface area contributed by atoms with Crippen LogP contribution in [0.15, 0.2) is 12.2 Å². The van der Waals surface area contributed by atoms with E-state index in [0.717, 1.165) is 32.1 Å². The Morgan fingerprint density at radius 1 is 0.875 bits per heavy atom. The van der Waals surface area contributed by atoms with Crippen molar-refractivity contribution in [3.05, 3.63) is 12.2 Å². The molecule has 0 aliphatic carbocycles. The molecule has 0 aromatic rings. The van der Waals surface area contributed by atoms with Crippen LogP contribution in [0.3, 0.4) is 0 Å². The monoisotopic (exact) mass is 480 g/mol. The van der Waals surface area contributed by atoms with Crippen LogP contribution in [0.25, 0.3) is 0 Å². The maximum atomic E-state index is 12.0. The second kappa shape index (κ2) is 22.1. The van der Waals surface area contributed by atoms with Crippen molar-refractivity contribution >= 4 is 13.8 Å². The molecule has 0 rings (SSSR count). The van der Waals surface area contributed by atoms with Gasteiger partial charge in [0.2, 0.25) is 0 Å². The van der Waals surface area contributed by atoms with Crippen molar-refractivity contribution in [2.24, 2.45) is 0 Å². The normalized spacial score (nSPS) is 13.0. The van der Waals surface area contributed by atoms with Gasteiger partial charge in [-0.2, -0.15) is 0 Å². The smallest absolute Gasteiger partial charge is 0.457 e. The quantitative estimate of drug-likeness (QED) is 0.0803. The Kier molecular flexibility index (Phi) is 21.5. The summed E-state index contributed by atoms with van der Waals surface area (Å²) in [7, 11) is -4.66. The molecule has 0 aliphatic rings. The standard InChI is InChI=1S/C23H45O8P/c1-2-3-4-5-6-7-8-9-10-11-12-13-14-15-16-17-23(25)31-22(20-29-19-18-24)21-30-32(26,27)28/h9-10,22,24H,2-8,11-21H2,1H3,(H2,26,27,28)/b10-9+/t22-/m0/s1. The number of unbranched alkanes of at least 4 members (excludes halogenated alkanes) is 11. The van der Waals surface area contributed by atoms with Crippen molar-refractivity contribution < 1.29 is 38.3 Å². The van der Waals surface area contributed by atoms with E-state index in [1.54, 1.807) is 0 Å². The first-order chi connectivity index (χ1) is 15.4. The molecular weight excluding hydrogens is 435 g/mol. The summed E-state index contributed by atoms with van der Waals surface area (Å²) in [5.41, 5.74) is 0. The molecule has 8 nitrogen and oxygen atoms in total. The van der Waals surface area contributed by atoms with E-state index in [4.69, 9.17) is 24.4 Å². The van der Waals surface area contributed by atoms with Crippen LogP contribution in [0.1, 0.15) is 96.8 Å². The number of rotatable bonds is 23. The third-order valence-corrected chi connectivity index (χ3v) is 5.39. The maximum Gasteiger partial charge on any atom is 0.469 e. The van der Waals surface area contributed by atoms with Gasteiger partial charge in [-0.1, -0.05) is 70.4 Å². The van der Waals surface area contributed by atoms with Crippen LogP contribution in [-0.4, -0.2) is 53.4 Å². The van der Waals surface area contributed by atoms with Crippen LogP contribution in [0.4, 0.5) is 0 Å². The number of phosphoric acid groups is 1. The Balaban J connectivity index is 3.71. The van der Waals surface area contributed by atoms with Crippen molar-refractivity contribution in [1.82, 2.24) is 0 Å². The Morgan fingerprint density at radius 2 is 1.44 bits per heavy atom. The lowest BCUT2D eigenvalue weighted by atomic mass is 10.1. The third kappa shape index (κ3) is 23.9. The van der Waals surface area contributed by atoms with Crippen molar-refractivity contribution in [3.8, 4) is 0 Å². The van der Waals surface area contributed by atoms with Crippen LogP contribution in [0, 0.1) is 0 Å². The predicted octanol–water partition coefficient (Wildman–Crippen LogP) is 5.05. The topological polar surface area (TPSA) is 123 Å². The zero-order chi connectivity index (χ0) is 23.9. The molecule has 0 aliphatic heterocycles. The average molecular weight is 481 g/mol. The van der Waals surface area contributed by atoms with E-state index in [1.165, 1.54) is 44.9 Å². The average Bonchev–Trinajstić information content (AvgIpc) is 2.74. The molecule has 1 atom stereocenters. The highest BCUT2D eigenvalue weighted by Crippen LogP contribution is 2.35. The van der Waals surface area contributed by atoms with Crippen molar-refractivity contribution in [3.63, 3.8) is 0 Å². The van der Waals surface area contributed by atoms with Gasteiger partial charge in [-0.25, -0.2) is 4.57 Å². The summed E-state index contributed by atoms with van der Waals surface area (Å²) in [6, 6.07) is 0. The molecule has 190 valence electrons. The second-order valence-corrected chi connectivity index (χ2v) is 9.27. The molecule has 0 aromatic carbocycles. The molecule has 0 unspecified atom stereocenters. The van der Waals surface area contributed by atoms with E-state index in [-0.39, 0.29) is 26.2 Å². The van der Waals surface area contributed by atoms with Crippen LogP contribution in [-0.2, 0) is 23.4 Å². The summed E-state index contributed by atoms with van der Waals surface area (Å²) in [5.74, 6) is -0.450. The lowest BCUT2D eigenvalue weighted by Gasteiger charge is -2.18. The molecule has 9 heteroatoms. The Morgan fingerprint density at radius 3 is 2.00 bits per heavy atom. The van der Waals surface area contributed by atoms with Gasteiger partial charge in [-0.05, 0) is 32.1 Å². The molecule has 0 bridgehead atoms. The van der Waals surface area contributed by atoms with Gasteiger partial charge >= 0.3 is 13.8 Å². The van der Waals surface area contributed by atoms with Gasteiger partial charge in [0.1, 0.15) is 6.10 Å². The molecule has 0 radical (unpaired) electrons. The number of allylic oxidation sites excluding steroid dienone is 2. The van der Waals surface area contributed by atoms with Crippen molar-refractivity contribution in [2.45, 2.75) is 103 Å². The van der Waals surface area contributed by atoms with E-state index < -0.39 is 26.5 Å². The van der Waals surface area contributed by atoms with E-state index in [2.05, 4.69) is 23.6 Å². The molecule has 0 fully saturated rings. The van der Waals surface area contributed by atoms with E-state index in [9.17, 15) is 9.36 Å². The van der Waals surface area contributed by atoms with Crippen LogP contribution >= 0.6 is 7.82 Å². The molecule has 3 N–H and O–H groups in total. The predicted molar refractivity (Wildman–Crippen MR) is 125 cm³/mol. The highest BCUT2D eigenvalue weighted by molar-refractivity contribution is 7.46. The Hall–Kier alpha value is -0.760. The number of hydrogen-bond acceptors (Lipinski definition) is 6. The van der Waals surface area contributed by atoms with Gasteiger partial charge in [-0.15, -0.1) is 0 Å². The van der Waals surface area contributed by atoms with Crippen molar-refractivity contribution in [2.75, 3.05) is 26.4 Å². The zero-order valence-corrected chi connectivity index (χ0v) is 20.7. The number of hydrogen-bond donors (Lipinski definition) is 3. The SMILES string of the molecule is CCCCCCCC/C=C/CCCCCCCC(=O)O[C@@H](COCCO)COP(=O)(O)O. The van der Waals surface area contributed by atoms with Crippen LogP contribution in [0.5, 0.6) is 0 Å². The highest BCUT2D eigenvalue weighted by Gasteiger charge is 2.21. The molecule has 32 heavy (non-hydrogen) atoms. The van der Waals surface area contributed by atoms with Gasteiger partial charge in [0.05, 0.1) is 26.4 Å². The largest absolute Gasteiger partial charge is 0.469 e. The lowest BCUT2D eigenvalue weighted by Crippen LogP contribution is -2.28. The highest BCUT2D eigenvalue weighted by atomic mass is 31.2. The number of aliphatic hydroxyl groups excluding tert-OH is 1. The van der Waals surface area contributed by atoms with Gasteiger partial charge in [0.15, 0.2) is 0 Å². The summed E-state index contributed by atoms with van der Waals surface area (Å²) < 4.78 is 25.5. The van der Waals surface area contributed by atoms with Crippen LogP contribution in [0.2, 0.25) is 0 Å². The molecule has 0 saturated carbocycles. The molecule has 0 aromatic heterocycles. The minimum atomic E-state index is -4.66. The second-order valence-electron chi connectivity index (χ2n) is 8.03. The summed E-state index contributed by atoms with van der Waals surface area (Å²) in [4.78, 5) is 29.5. The first-order valence-electron chi connectivity index (χ1n) is 12.1. The molecule has 0 heterocycles. The third-order valence-electron chi connectivity index (χ3n) is 4.91. The van der Waals surface area contributed by atoms with E-state index in [0.29, 0.717) is 6.42 Å². The number of aliphatic hydroxyl groups is 1. The summed E-state index contributed by atoms with van der Waals surface area (Å²) >= 11 is 0. The molecular formula is C23H45O8P. The van der Waals surface area contributed by atoms with Gasteiger partial charge in [0.25, 0.3) is 0 Å². The van der Waals surface area contributed by atoms with Crippen molar-refractivity contribution in [1.29, 1.82) is 0 Å². The van der Waals surface area contributed by atoms with Gasteiger partial charge in [0, 0.05) is 6.42 Å². The van der Waals surface area contributed by atoms with Gasteiger partial charge in [-0.3, -0.25) is 9.32 Å². The molecule has 0 spiro atoms. The Labute approximate surface area is 194 Å². The number of phosphoric ester groups is 1. The zero-order valence-electron chi connectivity index (χ0n) is 19.8. The van der Waals surface area contributed by atoms with Crippen LogP contribution < -0.4 is 0 Å². The first kappa shape index (κ1) is 31.2. The first-order valence-corrected chi connectivity index (χ1v) is 13.6. The summed E-state index contributed by atoms with van der Waals surface area (Å²) in [6.45, 7) is 1.52. The van der Waals surface area contributed by atoms with E-state index in [1.807, 2.05) is 0 Å². The summed E-state index contributed by atoms with van der Waals surface area (Å²) in [5, 5.41) is 8.73. The van der Waals surface area contributed by atoms with Gasteiger partial charge < -0.3 is 24.4 Å².